The molecule has 1 fully saturated rings. The van der Waals surface area contributed by atoms with Crippen LogP contribution in [-0.4, -0.2) is 41.0 Å². The van der Waals surface area contributed by atoms with Crippen molar-refractivity contribution in [1.82, 2.24) is 4.90 Å². The maximum absolute atomic E-state index is 10.8. The highest BCUT2D eigenvalue weighted by Gasteiger charge is 2.28. The quantitative estimate of drug-likeness (QED) is 0.614. The van der Waals surface area contributed by atoms with E-state index in [0.29, 0.717) is 0 Å². The molecule has 0 spiro atoms. The molecule has 0 bridgehead atoms. The van der Waals surface area contributed by atoms with Gasteiger partial charge in [0.1, 0.15) is 6.04 Å². The second-order valence-electron chi connectivity index (χ2n) is 3.27. The largest absolute Gasteiger partial charge is 0.480 e. The standard InChI is InChI=1S/C8H14N2O3/c9-7(11)5-6(8(12)13)10-3-1-2-4-10/h6H,1-5H2,(H2,9,11)(H,12,13). The molecular weight excluding hydrogens is 172 g/mol. The molecule has 74 valence electrons. The molecule has 1 atom stereocenters. The summed E-state index contributed by atoms with van der Waals surface area (Å²) in [5.41, 5.74) is 4.97. The van der Waals surface area contributed by atoms with Crippen LogP contribution in [0.3, 0.4) is 0 Å². The number of carbonyl (C=O) groups is 2. The van der Waals surface area contributed by atoms with E-state index < -0.39 is 17.9 Å². The van der Waals surface area contributed by atoms with E-state index in [2.05, 4.69) is 0 Å². The lowest BCUT2D eigenvalue weighted by Gasteiger charge is -2.22. The average Bonchev–Trinajstić information content (AvgIpc) is 2.50. The monoisotopic (exact) mass is 186 g/mol. The van der Waals surface area contributed by atoms with Crippen LogP contribution < -0.4 is 5.73 Å². The molecular formula is C8H14N2O3. The van der Waals surface area contributed by atoms with Gasteiger partial charge in [-0.3, -0.25) is 14.5 Å². The molecule has 1 amide bonds. The molecule has 0 aromatic rings. The van der Waals surface area contributed by atoms with Crippen molar-refractivity contribution in [2.75, 3.05) is 13.1 Å². The van der Waals surface area contributed by atoms with Gasteiger partial charge in [0, 0.05) is 0 Å². The second kappa shape index (κ2) is 4.23. The van der Waals surface area contributed by atoms with E-state index in [4.69, 9.17) is 10.8 Å². The van der Waals surface area contributed by atoms with Gasteiger partial charge in [0.25, 0.3) is 0 Å². The Bertz CT molecular complexity index is 211. The molecule has 0 aromatic carbocycles. The number of likely N-dealkylation sites (tertiary alicyclic amines) is 1. The SMILES string of the molecule is NC(=O)CC(C(=O)O)N1CCCC1. The number of nitrogens with zero attached hydrogens (tertiary/aromatic N) is 1. The molecule has 0 aromatic heterocycles. The van der Waals surface area contributed by atoms with E-state index in [9.17, 15) is 9.59 Å². The molecule has 1 heterocycles. The summed E-state index contributed by atoms with van der Waals surface area (Å²) in [6.45, 7) is 1.51. The summed E-state index contributed by atoms with van der Waals surface area (Å²) < 4.78 is 0. The van der Waals surface area contributed by atoms with Crippen LogP contribution >= 0.6 is 0 Å². The van der Waals surface area contributed by atoms with Crippen LogP contribution in [0.4, 0.5) is 0 Å². The van der Waals surface area contributed by atoms with Gasteiger partial charge in [0.05, 0.1) is 6.42 Å². The Morgan fingerprint density at radius 3 is 2.31 bits per heavy atom. The summed E-state index contributed by atoms with van der Waals surface area (Å²) in [6, 6.07) is -0.722. The van der Waals surface area contributed by atoms with Crippen molar-refractivity contribution in [3.05, 3.63) is 0 Å². The predicted molar refractivity (Wildman–Crippen MR) is 46.0 cm³/mol. The third-order valence-electron chi connectivity index (χ3n) is 2.26. The molecule has 5 heteroatoms. The maximum Gasteiger partial charge on any atom is 0.321 e. The van der Waals surface area contributed by atoms with Gasteiger partial charge in [-0.25, -0.2) is 0 Å². The highest BCUT2D eigenvalue weighted by Crippen LogP contribution is 2.13. The average molecular weight is 186 g/mol. The Hall–Kier alpha value is -1.10. The van der Waals surface area contributed by atoms with Crippen LogP contribution in [0.25, 0.3) is 0 Å². The molecule has 1 saturated heterocycles. The Morgan fingerprint density at radius 1 is 1.38 bits per heavy atom. The first-order valence-electron chi connectivity index (χ1n) is 4.36. The molecule has 13 heavy (non-hydrogen) atoms. The smallest absolute Gasteiger partial charge is 0.321 e. The summed E-state index contributed by atoms with van der Waals surface area (Å²) >= 11 is 0. The van der Waals surface area contributed by atoms with Gasteiger partial charge in [0.15, 0.2) is 0 Å². The van der Waals surface area contributed by atoms with Crippen molar-refractivity contribution < 1.29 is 14.7 Å². The Balaban J connectivity index is 2.55. The number of carboxylic acids is 1. The van der Waals surface area contributed by atoms with Gasteiger partial charge in [-0.05, 0) is 25.9 Å². The molecule has 0 aliphatic carbocycles. The second-order valence-corrected chi connectivity index (χ2v) is 3.27. The zero-order chi connectivity index (χ0) is 9.84. The van der Waals surface area contributed by atoms with E-state index in [0.717, 1.165) is 25.9 Å². The van der Waals surface area contributed by atoms with Crippen molar-refractivity contribution in [2.24, 2.45) is 5.73 Å². The number of rotatable bonds is 4. The van der Waals surface area contributed by atoms with E-state index in [-0.39, 0.29) is 6.42 Å². The minimum absolute atomic E-state index is 0.0880. The van der Waals surface area contributed by atoms with Crippen LogP contribution in [0, 0.1) is 0 Å². The van der Waals surface area contributed by atoms with Crippen molar-refractivity contribution >= 4 is 11.9 Å². The molecule has 0 radical (unpaired) electrons. The number of primary amides is 1. The van der Waals surface area contributed by atoms with Crippen molar-refractivity contribution in [2.45, 2.75) is 25.3 Å². The molecule has 0 saturated carbocycles. The Morgan fingerprint density at radius 2 is 1.92 bits per heavy atom. The van der Waals surface area contributed by atoms with Crippen LogP contribution in [0.15, 0.2) is 0 Å². The first-order chi connectivity index (χ1) is 6.11. The highest BCUT2D eigenvalue weighted by molar-refractivity contribution is 5.83. The number of carboxylic acid groups (broad SMARTS) is 1. The number of aliphatic carboxylic acids is 1. The maximum atomic E-state index is 10.8. The van der Waals surface area contributed by atoms with Gasteiger partial charge < -0.3 is 10.8 Å². The van der Waals surface area contributed by atoms with Crippen LogP contribution in [0.5, 0.6) is 0 Å². The first-order valence-corrected chi connectivity index (χ1v) is 4.36. The van der Waals surface area contributed by atoms with E-state index >= 15 is 0 Å². The number of carbonyl (C=O) groups excluding carboxylic acids is 1. The Kier molecular flexibility index (Phi) is 3.25. The fourth-order valence-corrected chi connectivity index (χ4v) is 1.62. The molecule has 3 N–H and O–H groups in total. The Labute approximate surface area is 76.5 Å². The number of nitrogens with two attached hydrogens (primary N) is 1. The first kappa shape index (κ1) is 9.98. The third kappa shape index (κ3) is 2.69. The number of hydrogen-bond acceptors (Lipinski definition) is 3. The summed E-state index contributed by atoms with van der Waals surface area (Å²) in [5, 5.41) is 8.83. The predicted octanol–water partition coefficient (Wildman–Crippen LogP) is -0.589. The number of hydrogen-bond donors (Lipinski definition) is 2. The van der Waals surface area contributed by atoms with E-state index in [1.54, 1.807) is 4.90 Å². The fourth-order valence-electron chi connectivity index (χ4n) is 1.62. The minimum atomic E-state index is -0.958. The van der Waals surface area contributed by atoms with Gasteiger partial charge in [-0.2, -0.15) is 0 Å². The fraction of sp³-hybridized carbons (Fsp3) is 0.750. The third-order valence-corrected chi connectivity index (χ3v) is 2.26. The molecule has 1 aliphatic rings. The van der Waals surface area contributed by atoms with Gasteiger partial charge in [-0.15, -0.1) is 0 Å². The highest BCUT2D eigenvalue weighted by atomic mass is 16.4. The molecule has 1 rings (SSSR count). The van der Waals surface area contributed by atoms with Gasteiger partial charge in [0.2, 0.25) is 5.91 Å². The molecule has 5 nitrogen and oxygen atoms in total. The van der Waals surface area contributed by atoms with Gasteiger partial charge in [-0.1, -0.05) is 0 Å². The lowest BCUT2D eigenvalue weighted by atomic mass is 10.2. The van der Waals surface area contributed by atoms with E-state index in [1.165, 1.54) is 0 Å². The summed E-state index contributed by atoms with van der Waals surface area (Å²) in [5.74, 6) is -1.51. The topological polar surface area (TPSA) is 83.6 Å². The number of amides is 1. The van der Waals surface area contributed by atoms with Crippen molar-refractivity contribution in [3.8, 4) is 0 Å². The van der Waals surface area contributed by atoms with Crippen LogP contribution in [-0.2, 0) is 9.59 Å². The molecule has 1 aliphatic heterocycles. The van der Waals surface area contributed by atoms with E-state index in [1.807, 2.05) is 0 Å². The normalized spacial score (nSPS) is 20.0. The van der Waals surface area contributed by atoms with Crippen LogP contribution in [0.2, 0.25) is 0 Å². The van der Waals surface area contributed by atoms with Crippen molar-refractivity contribution in [3.63, 3.8) is 0 Å². The zero-order valence-corrected chi connectivity index (χ0v) is 7.40. The molecule has 1 unspecified atom stereocenters. The lowest BCUT2D eigenvalue weighted by Crippen LogP contribution is -2.42. The summed E-state index contributed by atoms with van der Waals surface area (Å²) in [7, 11) is 0. The minimum Gasteiger partial charge on any atom is -0.480 e. The summed E-state index contributed by atoms with van der Waals surface area (Å²) in [4.78, 5) is 23.2. The van der Waals surface area contributed by atoms with Crippen LogP contribution in [0.1, 0.15) is 19.3 Å². The summed E-state index contributed by atoms with van der Waals surface area (Å²) in [6.07, 6.45) is 1.92. The van der Waals surface area contributed by atoms with Gasteiger partial charge >= 0.3 is 5.97 Å². The zero-order valence-electron chi connectivity index (χ0n) is 7.40. The lowest BCUT2D eigenvalue weighted by molar-refractivity contribution is -0.144. The van der Waals surface area contributed by atoms with Crippen molar-refractivity contribution in [1.29, 1.82) is 0 Å².